The molecule has 1 aliphatic heterocycles. The fourth-order valence-electron chi connectivity index (χ4n) is 4.14. The molecule has 3 heterocycles. The number of para-hydroxylation sites is 1. The van der Waals surface area contributed by atoms with Crippen molar-refractivity contribution < 1.29 is 14.2 Å². The number of aromatic nitrogens is 3. The number of hydrogen-bond donors (Lipinski definition) is 1. The zero-order valence-corrected chi connectivity index (χ0v) is 19.7. The molecule has 170 valence electrons. The van der Waals surface area contributed by atoms with Crippen molar-refractivity contribution >= 4 is 23.1 Å². The third-order valence-electron chi connectivity index (χ3n) is 6.05. The summed E-state index contributed by atoms with van der Waals surface area (Å²) in [5.74, 6) is -0.883. The van der Waals surface area contributed by atoms with Crippen LogP contribution >= 0.6 is 0 Å². The Morgan fingerprint density at radius 2 is 1.67 bits per heavy atom. The normalized spacial score (nSPS) is 14.2. The minimum atomic E-state index is -0.430. The molecule has 2 amide bonds. The molecule has 0 spiro atoms. The predicted molar refractivity (Wildman–Crippen MR) is 127 cm³/mol. The Labute approximate surface area is 193 Å². The van der Waals surface area contributed by atoms with Crippen LogP contribution in [-0.2, 0) is 9.59 Å². The van der Waals surface area contributed by atoms with Crippen LogP contribution in [0.1, 0.15) is 55.5 Å². The highest BCUT2D eigenvalue weighted by molar-refractivity contribution is 6.44. The molecule has 0 fully saturated rings. The summed E-state index contributed by atoms with van der Waals surface area (Å²) in [6, 6.07) is 11.1. The lowest BCUT2D eigenvalue weighted by molar-refractivity contribution is -0.577. The molecule has 0 aliphatic carbocycles. The topological polar surface area (TPSA) is 79.1 Å². The van der Waals surface area contributed by atoms with Gasteiger partial charge in [-0.15, -0.1) is 0 Å². The van der Waals surface area contributed by atoms with Gasteiger partial charge in [-0.2, -0.15) is 4.57 Å². The van der Waals surface area contributed by atoms with Gasteiger partial charge in [0.1, 0.15) is 5.57 Å². The van der Waals surface area contributed by atoms with Gasteiger partial charge < -0.3 is 0 Å². The summed E-state index contributed by atoms with van der Waals surface area (Å²) >= 11 is 0. The van der Waals surface area contributed by atoms with E-state index in [9.17, 15) is 14.4 Å². The summed E-state index contributed by atoms with van der Waals surface area (Å²) in [5, 5.41) is 3.20. The molecule has 1 N–H and O–H groups in total. The third kappa shape index (κ3) is 3.73. The Hall–Kier alpha value is -3.74. The van der Waals surface area contributed by atoms with Gasteiger partial charge in [0.15, 0.2) is 12.4 Å². The van der Waals surface area contributed by atoms with E-state index in [0.29, 0.717) is 24.3 Å². The number of H-pyrrole nitrogens is 1. The molecular formula is C26H29N4O3+. The molecule has 3 aromatic rings. The standard InChI is InChI=1S/C26H28N4O3/c1-6-13-29-24(31)21(23(26(29)33)28-14-12-17(4)18(5)15-28)20-22(16(2)3)27-30(25(20)32)19-10-8-7-9-11-19/h7-12,14-16H,6,13H2,1-5H3/p+1. The van der Waals surface area contributed by atoms with Crippen LogP contribution in [0.5, 0.6) is 0 Å². The Morgan fingerprint density at radius 1 is 0.970 bits per heavy atom. The molecular weight excluding hydrogens is 416 g/mol. The van der Waals surface area contributed by atoms with Gasteiger partial charge >= 0.3 is 5.91 Å². The largest absolute Gasteiger partial charge is 0.326 e. The average molecular weight is 446 g/mol. The number of carbonyl (C=O) groups excluding carboxylic acids is 2. The van der Waals surface area contributed by atoms with Crippen molar-refractivity contribution in [2.24, 2.45) is 0 Å². The van der Waals surface area contributed by atoms with Crippen molar-refractivity contribution in [2.45, 2.75) is 47.0 Å². The van der Waals surface area contributed by atoms with Crippen molar-refractivity contribution in [3.63, 3.8) is 0 Å². The van der Waals surface area contributed by atoms with Gasteiger partial charge in [0.2, 0.25) is 0 Å². The number of hydrogen-bond acceptors (Lipinski definition) is 3. The van der Waals surface area contributed by atoms with E-state index >= 15 is 0 Å². The Kier molecular flexibility index (Phi) is 5.89. The molecule has 0 saturated carbocycles. The molecule has 0 atom stereocenters. The maximum atomic E-state index is 13.7. The SMILES string of the molecule is CCCN1C(=O)C(c2c(C(C)C)[nH]n(-c3ccccc3)c2=O)=C([n+]2ccc(C)c(C)c2)C1=O. The molecule has 0 unspecified atom stereocenters. The fourth-order valence-corrected chi connectivity index (χ4v) is 4.14. The first kappa shape index (κ1) is 22.5. The van der Waals surface area contributed by atoms with Crippen LogP contribution in [0, 0.1) is 13.8 Å². The molecule has 0 bridgehead atoms. The molecule has 4 rings (SSSR count). The van der Waals surface area contributed by atoms with Crippen molar-refractivity contribution in [2.75, 3.05) is 6.54 Å². The van der Waals surface area contributed by atoms with Crippen molar-refractivity contribution in [1.29, 1.82) is 0 Å². The molecule has 7 heteroatoms. The second-order valence-electron chi connectivity index (χ2n) is 8.73. The highest BCUT2D eigenvalue weighted by Crippen LogP contribution is 2.32. The monoisotopic (exact) mass is 445 g/mol. The molecule has 1 aliphatic rings. The number of amides is 2. The summed E-state index contributed by atoms with van der Waals surface area (Å²) in [5.41, 5.74) is 3.63. The summed E-state index contributed by atoms with van der Waals surface area (Å²) < 4.78 is 3.12. The number of aromatic amines is 1. The van der Waals surface area contributed by atoms with Crippen LogP contribution in [0.15, 0.2) is 53.6 Å². The van der Waals surface area contributed by atoms with E-state index in [2.05, 4.69) is 5.10 Å². The lowest BCUT2D eigenvalue weighted by atomic mass is 9.98. The van der Waals surface area contributed by atoms with Gasteiger partial charge in [0.05, 0.1) is 11.3 Å². The van der Waals surface area contributed by atoms with Gasteiger partial charge in [-0.05, 0) is 43.9 Å². The van der Waals surface area contributed by atoms with E-state index < -0.39 is 5.91 Å². The highest BCUT2D eigenvalue weighted by atomic mass is 16.2. The number of nitrogens with zero attached hydrogens (tertiary/aromatic N) is 3. The minimum absolute atomic E-state index is 0.0701. The van der Waals surface area contributed by atoms with Gasteiger partial charge in [-0.25, -0.2) is 4.68 Å². The van der Waals surface area contributed by atoms with E-state index in [1.165, 1.54) is 9.58 Å². The third-order valence-corrected chi connectivity index (χ3v) is 6.05. The molecule has 33 heavy (non-hydrogen) atoms. The highest BCUT2D eigenvalue weighted by Gasteiger charge is 2.47. The number of pyridine rings is 1. The maximum Gasteiger partial charge on any atom is 0.326 e. The van der Waals surface area contributed by atoms with E-state index in [0.717, 1.165) is 11.1 Å². The summed E-state index contributed by atoms with van der Waals surface area (Å²) in [6.45, 7) is 10.1. The van der Waals surface area contributed by atoms with E-state index in [1.54, 1.807) is 10.8 Å². The average Bonchev–Trinajstić information content (AvgIpc) is 3.25. The number of aryl methyl sites for hydroxylation is 2. The van der Waals surface area contributed by atoms with Gasteiger partial charge in [0, 0.05) is 23.9 Å². The molecule has 1 aromatic carbocycles. The summed E-state index contributed by atoms with van der Waals surface area (Å²) in [7, 11) is 0. The van der Waals surface area contributed by atoms with Gasteiger partial charge in [-0.3, -0.25) is 24.4 Å². The van der Waals surface area contributed by atoms with Crippen molar-refractivity contribution in [1.82, 2.24) is 14.7 Å². The maximum absolute atomic E-state index is 13.7. The smallest absolute Gasteiger partial charge is 0.294 e. The first-order valence-corrected chi connectivity index (χ1v) is 11.3. The van der Waals surface area contributed by atoms with Crippen LogP contribution in [0.3, 0.4) is 0 Å². The second kappa shape index (κ2) is 8.65. The first-order chi connectivity index (χ1) is 15.8. The van der Waals surface area contributed by atoms with Crippen LogP contribution in [0.2, 0.25) is 0 Å². The zero-order chi connectivity index (χ0) is 23.9. The zero-order valence-electron chi connectivity index (χ0n) is 19.7. The van der Waals surface area contributed by atoms with Gasteiger partial charge in [0.25, 0.3) is 17.2 Å². The summed E-state index contributed by atoms with van der Waals surface area (Å²) in [4.78, 5) is 42.0. The minimum Gasteiger partial charge on any atom is -0.294 e. The molecule has 0 saturated heterocycles. The van der Waals surface area contributed by atoms with Crippen LogP contribution in [-0.4, -0.2) is 33.0 Å². The number of nitrogens with one attached hydrogen (secondary N) is 1. The lowest BCUT2D eigenvalue weighted by Gasteiger charge is -2.12. The first-order valence-electron chi connectivity index (χ1n) is 11.3. The van der Waals surface area contributed by atoms with Crippen LogP contribution in [0.25, 0.3) is 17.0 Å². The quantitative estimate of drug-likeness (QED) is 0.467. The van der Waals surface area contributed by atoms with Crippen LogP contribution in [0.4, 0.5) is 0 Å². The number of imide groups is 1. The van der Waals surface area contributed by atoms with Crippen molar-refractivity contribution in [3.05, 3.63) is 81.5 Å². The van der Waals surface area contributed by atoms with E-state index in [4.69, 9.17) is 0 Å². The number of rotatable bonds is 6. The molecule has 0 radical (unpaired) electrons. The predicted octanol–water partition coefficient (Wildman–Crippen LogP) is 3.34. The van der Waals surface area contributed by atoms with E-state index in [-0.39, 0.29) is 34.2 Å². The lowest BCUT2D eigenvalue weighted by Crippen LogP contribution is -2.40. The second-order valence-corrected chi connectivity index (χ2v) is 8.73. The number of carbonyl (C=O) groups is 2. The fraction of sp³-hybridized carbons (Fsp3) is 0.308. The van der Waals surface area contributed by atoms with Gasteiger partial charge in [-0.1, -0.05) is 39.0 Å². The van der Waals surface area contributed by atoms with Crippen molar-refractivity contribution in [3.8, 4) is 5.69 Å². The Balaban J connectivity index is 2.05. The Morgan fingerprint density at radius 3 is 2.27 bits per heavy atom. The van der Waals surface area contributed by atoms with E-state index in [1.807, 2.05) is 77.2 Å². The Bertz CT molecular complexity index is 1330. The summed E-state index contributed by atoms with van der Waals surface area (Å²) in [6.07, 6.45) is 4.24. The number of benzene rings is 1. The molecule has 7 nitrogen and oxygen atoms in total. The van der Waals surface area contributed by atoms with Crippen LogP contribution < -0.4 is 10.1 Å². The molecule has 2 aromatic heterocycles.